The Kier molecular flexibility index (Phi) is 3.84. The normalized spacial score (nSPS) is 11.0. The van der Waals surface area contributed by atoms with Crippen molar-refractivity contribution < 1.29 is 4.39 Å². The molecule has 0 aliphatic heterocycles. The van der Waals surface area contributed by atoms with Crippen molar-refractivity contribution in [2.24, 2.45) is 0 Å². The average molecular weight is 390 g/mol. The fraction of sp³-hybridized carbons (Fsp3) is 0.0625. The number of nitrogen functional groups attached to an aromatic ring is 2. The first-order chi connectivity index (χ1) is 11.3. The minimum atomic E-state index is -0.642. The van der Waals surface area contributed by atoms with Crippen LogP contribution in [-0.2, 0) is 0 Å². The quantitative estimate of drug-likeness (QED) is 0.397. The van der Waals surface area contributed by atoms with Crippen LogP contribution in [0, 0.1) is 18.2 Å². The Bertz CT molecular complexity index is 1060. The van der Waals surface area contributed by atoms with Gasteiger partial charge in [0.05, 0.1) is 22.4 Å². The van der Waals surface area contributed by atoms with E-state index < -0.39 is 11.4 Å². The number of fused-ring (bicyclic) bond motifs is 1. The molecule has 3 aromatic rings. The number of H-pyrrole nitrogens is 1. The third-order valence-corrected chi connectivity index (χ3v) is 4.60. The molecule has 0 saturated carbocycles. The molecule has 0 unspecified atom stereocenters. The van der Waals surface area contributed by atoms with Gasteiger partial charge in [0, 0.05) is 21.8 Å². The van der Waals surface area contributed by atoms with E-state index in [1.54, 1.807) is 13.0 Å². The number of halogens is 2. The van der Waals surface area contributed by atoms with Crippen LogP contribution in [0.3, 0.4) is 0 Å². The Labute approximate surface area is 144 Å². The minimum absolute atomic E-state index is 0.0640. The van der Waals surface area contributed by atoms with Crippen LogP contribution in [-0.4, -0.2) is 16.2 Å². The number of hydrogen-bond donors (Lipinski definition) is 4. The van der Waals surface area contributed by atoms with Crippen LogP contribution >= 0.6 is 15.9 Å². The lowest BCUT2D eigenvalue weighted by Gasteiger charge is -2.14. The van der Waals surface area contributed by atoms with Crippen molar-refractivity contribution in [2.75, 3.05) is 11.5 Å². The van der Waals surface area contributed by atoms with Crippen molar-refractivity contribution in [3.63, 3.8) is 0 Å². The number of pyridine rings is 2. The number of aromatic amines is 1. The fourth-order valence-corrected chi connectivity index (χ4v) is 2.87. The second-order valence-electron chi connectivity index (χ2n) is 5.26. The number of nitrogens with one attached hydrogen (secondary N) is 2. The summed E-state index contributed by atoms with van der Waals surface area (Å²) in [5.41, 5.74) is 13.5. The number of anilines is 2. The molecule has 0 spiro atoms. The molecular weight excluding hydrogens is 377 g/mol. The van der Waals surface area contributed by atoms with Crippen LogP contribution < -0.4 is 17.0 Å². The molecule has 8 heteroatoms. The minimum Gasteiger partial charge on any atom is -0.396 e. The lowest BCUT2D eigenvalue weighted by Crippen LogP contribution is -2.15. The first kappa shape index (κ1) is 16.1. The molecule has 0 bridgehead atoms. The highest BCUT2D eigenvalue weighted by atomic mass is 79.9. The van der Waals surface area contributed by atoms with Crippen LogP contribution in [0.15, 0.2) is 27.5 Å². The number of nitrogens with zero attached hydrogens (tertiary/aromatic N) is 1. The molecule has 6 nitrogen and oxygen atoms in total. The highest BCUT2D eigenvalue weighted by Gasteiger charge is 2.19. The first-order valence-electron chi connectivity index (χ1n) is 6.92. The number of aryl methyl sites for hydroxylation is 1. The molecule has 0 fully saturated rings. The summed E-state index contributed by atoms with van der Waals surface area (Å²) in [6.45, 7) is 1.80. The number of rotatable bonds is 2. The summed E-state index contributed by atoms with van der Waals surface area (Å²) in [5.74, 6) is -0.642. The lowest BCUT2D eigenvalue weighted by atomic mass is 9.96. The van der Waals surface area contributed by atoms with E-state index in [1.165, 1.54) is 12.1 Å². The largest absolute Gasteiger partial charge is 0.396 e. The molecule has 0 aliphatic rings. The predicted octanol–water partition coefficient (Wildman–Crippen LogP) is 2.96. The van der Waals surface area contributed by atoms with E-state index in [9.17, 15) is 9.18 Å². The van der Waals surface area contributed by atoms with Gasteiger partial charge in [0.15, 0.2) is 0 Å². The maximum atomic E-state index is 13.7. The zero-order valence-corrected chi connectivity index (χ0v) is 14.2. The van der Waals surface area contributed by atoms with E-state index >= 15 is 0 Å². The summed E-state index contributed by atoms with van der Waals surface area (Å²) in [6.07, 6.45) is 0.936. The van der Waals surface area contributed by atoms with E-state index in [2.05, 4.69) is 25.9 Å². The van der Waals surface area contributed by atoms with Crippen LogP contribution in [0.4, 0.5) is 15.8 Å². The summed E-state index contributed by atoms with van der Waals surface area (Å²) >= 11 is 3.37. The molecule has 3 rings (SSSR count). The van der Waals surface area contributed by atoms with E-state index in [0.29, 0.717) is 27.9 Å². The van der Waals surface area contributed by atoms with Gasteiger partial charge in [-0.05, 0) is 40.5 Å². The molecule has 0 atom stereocenters. The van der Waals surface area contributed by atoms with Gasteiger partial charge in [-0.15, -0.1) is 0 Å². The molecule has 24 heavy (non-hydrogen) atoms. The Morgan fingerprint density at radius 3 is 2.71 bits per heavy atom. The first-order valence-corrected chi connectivity index (χ1v) is 7.72. The van der Waals surface area contributed by atoms with Gasteiger partial charge in [0.1, 0.15) is 11.5 Å². The molecular formula is C16H13BrFN5O. The summed E-state index contributed by atoms with van der Waals surface area (Å²) in [4.78, 5) is 19.3. The van der Waals surface area contributed by atoms with Gasteiger partial charge in [-0.1, -0.05) is 6.07 Å². The second-order valence-corrected chi connectivity index (χ2v) is 6.12. The zero-order valence-electron chi connectivity index (χ0n) is 12.6. The van der Waals surface area contributed by atoms with Crippen LogP contribution in [0.25, 0.3) is 22.2 Å². The zero-order chi connectivity index (χ0) is 17.6. The van der Waals surface area contributed by atoms with Gasteiger partial charge >= 0.3 is 0 Å². The summed E-state index contributed by atoms with van der Waals surface area (Å²) in [5, 5.41) is 7.55. The average Bonchev–Trinajstić information content (AvgIpc) is 2.54. The second kappa shape index (κ2) is 5.72. The number of aromatic nitrogens is 2. The fourth-order valence-electron chi connectivity index (χ4n) is 2.55. The molecule has 0 radical (unpaired) electrons. The molecule has 6 N–H and O–H groups in total. The predicted molar refractivity (Wildman–Crippen MR) is 96.9 cm³/mol. The number of nitrogens with two attached hydrogens (primary N) is 2. The summed E-state index contributed by atoms with van der Waals surface area (Å²) in [6, 6.07) is 4.34. The van der Waals surface area contributed by atoms with Crippen molar-refractivity contribution in [1.82, 2.24) is 9.97 Å². The molecule has 1 aromatic carbocycles. The Hall–Kier alpha value is -2.74. The third-order valence-electron chi connectivity index (χ3n) is 3.80. The van der Waals surface area contributed by atoms with Crippen molar-refractivity contribution in [3.8, 4) is 11.1 Å². The topological polar surface area (TPSA) is 122 Å². The molecule has 0 amide bonds. The maximum Gasteiger partial charge on any atom is 0.272 e. The Morgan fingerprint density at radius 2 is 2.04 bits per heavy atom. The Morgan fingerprint density at radius 1 is 1.33 bits per heavy atom. The van der Waals surface area contributed by atoms with Crippen molar-refractivity contribution in [3.05, 3.63) is 50.1 Å². The third kappa shape index (κ3) is 2.35. The van der Waals surface area contributed by atoms with Crippen molar-refractivity contribution in [2.45, 2.75) is 6.92 Å². The van der Waals surface area contributed by atoms with E-state index in [-0.39, 0.29) is 16.9 Å². The molecule has 2 aromatic heterocycles. The smallest absolute Gasteiger partial charge is 0.272 e. The highest BCUT2D eigenvalue weighted by molar-refractivity contribution is 9.10. The van der Waals surface area contributed by atoms with Gasteiger partial charge in [0.2, 0.25) is 0 Å². The number of hydrogen-bond acceptors (Lipinski definition) is 5. The Balaban J connectivity index is 2.53. The number of benzene rings is 1. The van der Waals surface area contributed by atoms with Gasteiger partial charge in [-0.3, -0.25) is 4.79 Å². The summed E-state index contributed by atoms with van der Waals surface area (Å²) in [7, 11) is 0. The standard InChI is InChI=1S/C16H13BrFN5O/c1-6-9(17)4-11-15(22-6)12(14(21)16(24)23-11)7-2-3-10(18)13(20)8(7)5-19/h2-5,19H,20-21H2,1H3,(H,23,24). The van der Waals surface area contributed by atoms with E-state index in [0.717, 1.165) is 10.7 Å². The molecule has 2 heterocycles. The van der Waals surface area contributed by atoms with Crippen molar-refractivity contribution >= 4 is 44.6 Å². The SMILES string of the molecule is Cc1nc2c(-c3ccc(F)c(N)c3C=N)c(N)c(=O)[nH]c2cc1Br. The van der Waals surface area contributed by atoms with Crippen LogP contribution in [0.1, 0.15) is 11.3 Å². The van der Waals surface area contributed by atoms with Gasteiger partial charge in [-0.25, -0.2) is 9.37 Å². The molecule has 122 valence electrons. The van der Waals surface area contributed by atoms with Gasteiger partial charge in [-0.2, -0.15) is 0 Å². The van der Waals surface area contributed by atoms with E-state index in [1.807, 2.05) is 0 Å². The van der Waals surface area contributed by atoms with Gasteiger partial charge < -0.3 is 21.9 Å². The highest BCUT2D eigenvalue weighted by Crippen LogP contribution is 2.35. The molecule has 0 aliphatic carbocycles. The maximum absolute atomic E-state index is 13.7. The molecule has 0 saturated heterocycles. The summed E-state index contributed by atoms with van der Waals surface area (Å²) < 4.78 is 14.5. The van der Waals surface area contributed by atoms with Crippen molar-refractivity contribution in [1.29, 1.82) is 5.41 Å². The lowest BCUT2D eigenvalue weighted by molar-refractivity contribution is 0.632. The van der Waals surface area contributed by atoms with E-state index in [4.69, 9.17) is 16.9 Å². The van der Waals surface area contributed by atoms with Crippen LogP contribution in [0.5, 0.6) is 0 Å². The monoisotopic (exact) mass is 389 g/mol. The van der Waals surface area contributed by atoms with Gasteiger partial charge in [0.25, 0.3) is 5.56 Å². The van der Waals surface area contributed by atoms with Crippen LogP contribution in [0.2, 0.25) is 0 Å².